The molecule has 0 unspecified atom stereocenters. The maximum absolute atomic E-state index is 10.2. The van der Waals surface area contributed by atoms with E-state index in [1.165, 1.54) is 76.7 Å². The third kappa shape index (κ3) is 31.0. The van der Waals surface area contributed by atoms with Gasteiger partial charge in [-0.15, -0.1) is 0 Å². The van der Waals surface area contributed by atoms with Crippen LogP contribution in [0.5, 0.6) is 0 Å². The topological polar surface area (TPSA) is 57.5 Å². The molecular weight excluding hydrogens is 312 g/mol. The van der Waals surface area contributed by atoms with E-state index in [-0.39, 0.29) is 6.61 Å². The summed E-state index contributed by atoms with van der Waals surface area (Å²) < 4.78 is 0. The second-order valence-corrected chi connectivity index (χ2v) is 6.15. The average molecular weight is 353 g/mol. The van der Waals surface area contributed by atoms with E-state index < -0.39 is 5.97 Å². The van der Waals surface area contributed by atoms with Crippen molar-refractivity contribution in [2.24, 2.45) is 0 Å². The molecule has 0 aromatic heterocycles. The van der Waals surface area contributed by atoms with Gasteiger partial charge in [0.2, 0.25) is 0 Å². The quantitative estimate of drug-likeness (QED) is 0.202. The summed E-state index contributed by atoms with van der Waals surface area (Å²) >= 11 is 0. The van der Waals surface area contributed by atoms with Gasteiger partial charge in [0.1, 0.15) is 0 Å². The first-order chi connectivity index (χ1) is 12.2. The van der Waals surface area contributed by atoms with Crippen molar-refractivity contribution >= 4 is 5.97 Å². The van der Waals surface area contributed by atoms with E-state index in [1.807, 2.05) is 12.2 Å². The maximum atomic E-state index is 10.2. The minimum atomic E-state index is -0.908. The van der Waals surface area contributed by atoms with Crippen molar-refractivity contribution in [2.45, 2.75) is 90.9 Å². The van der Waals surface area contributed by atoms with Gasteiger partial charge in [-0.2, -0.15) is 0 Å². The van der Waals surface area contributed by atoms with Crippen molar-refractivity contribution in [2.75, 3.05) is 6.61 Å². The number of hydrogen-bond donors (Lipinski definition) is 2. The van der Waals surface area contributed by atoms with Crippen molar-refractivity contribution in [3.05, 3.63) is 36.5 Å². The van der Waals surface area contributed by atoms with Crippen LogP contribution in [-0.4, -0.2) is 22.8 Å². The lowest BCUT2D eigenvalue weighted by molar-refractivity contribution is -0.131. The first-order valence-corrected chi connectivity index (χ1v) is 10.0. The number of rotatable bonds is 15. The Morgan fingerprint density at radius 3 is 1.64 bits per heavy atom. The predicted molar refractivity (Wildman–Crippen MR) is 109 cm³/mol. The second kappa shape index (κ2) is 24.9. The summed E-state index contributed by atoms with van der Waals surface area (Å²) in [7, 11) is 0. The molecule has 0 amide bonds. The zero-order valence-corrected chi connectivity index (χ0v) is 16.5. The van der Waals surface area contributed by atoms with Crippen LogP contribution >= 0.6 is 0 Å². The summed E-state index contributed by atoms with van der Waals surface area (Å²) in [5.41, 5.74) is 0. The third-order valence-corrected chi connectivity index (χ3v) is 3.68. The highest BCUT2D eigenvalue weighted by molar-refractivity contribution is 5.80. The molecule has 0 heterocycles. The summed E-state index contributed by atoms with van der Waals surface area (Å²) in [4.78, 5) is 10.2. The largest absolute Gasteiger partial charge is 0.478 e. The molecule has 0 aromatic rings. The van der Waals surface area contributed by atoms with Gasteiger partial charge in [-0.05, 0) is 19.8 Å². The van der Waals surface area contributed by atoms with Crippen LogP contribution in [0.4, 0.5) is 0 Å². The number of unbranched alkanes of at least 4 members (excludes halogenated alkanes) is 11. The van der Waals surface area contributed by atoms with Gasteiger partial charge in [0.25, 0.3) is 0 Å². The Hall–Kier alpha value is -1.35. The summed E-state index contributed by atoms with van der Waals surface area (Å²) in [6, 6.07) is 0. The molecule has 0 aromatic carbocycles. The highest BCUT2D eigenvalue weighted by atomic mass is 16.4. The fourth-order valence-electron chi connectivity index (χ4n) is 2.37. The first kappa shape index (κ1) is 25.9. The van der Waals surface area contributed by atoms with Crippen molar-refractivity contribution in [3.8, 4) is 0 Å². The Morgan fingerprint density at radius 2 is 1.16 bits per heavy atom. The van der Waals surface area contributed by atoms with Gasteiger partial charge >= 0.3 is 5.97 Å². The molecule has 2 N–H and O–H groups in total. The Morgan fingerprint density at radius 1 is 0.720 bits per heavy atom. The average Bonchev–Trinajstić information content (AvgIpc) is 2.58. The maximum Gasteiger partial charge on any atom is 0.328 e. The fraction of sp³-hybridized carbons (Fsp3) is 0.682. The molecule has 146 valence electrons. The van der Waals surface area contributed by atoms with Crippen LogP contribution < -0.4 is 0 Å². The minimum absolute atomic E-state index is 0.250. The molecule has 0 aliphatic heterocycles. The molecule has 3 nitrogen and oxygen atoms in total. The van der Waals surface area contributed by atoms with Gasteiger partial charge in [-0.3, -0.25) is 0 Å². The number of aliphatic carboxylic acids is 1. The lowest BCUT2D eigenvalue weighted by Gasteiger charge is -2.01. The summed E-state index contributed by atoms with van der Waals surface area (Å²) in [5, 5.41) is 16.0. The number of carbonyl (C=O) groups is 1. The highest BCUT2D eigenvalue weighted by Gasteiger charge is 1.92. The predicted octanol–water partition coefficient (Wildman–Crippen LogP) is 6.44. The van der Waals surface area contributed by atoms with Crippen LogP contribution in [0.25, 0.3) is 0 Å². The molecule has 0 radical (unpaired) electrons. The normalized spacial score (nSPS) is 11.3. The lowest BCUT2D eigenvalue weighted by atomic mass is 10.1. The molecule has 0 atom stereocenters. The molecular formula is C22H40O3. The van der Waals surface area contributed by atoms with E-state index in [2.05, 4.69) is 13.0 Å². The van der Waals surface area contributed by atoms with E-state index in [0.29, 0.717) is 0 Å². The fourth-order valence-corrected chi connectivity index (χ4v) is 2.37. The van der Waals surface area contributed by atoms with Crippen molar-refractivity contribution < 1.29 is 15.0 Å². The molecule has 0 saturated heterocycles. The zero-order valence-electron chi connectivity index (χ0n) is 16.5. The number of carboxylic acids is 1. The lowest BCUT2D eigenvalue weighted by Crippen LogP contribution is -1.84. The van der Waals surface area contributed by atoms with Crippen LogP contribution in [0, 0.1) is 0 Å². The van der Waals surface area contributed by atoms with E-state index in [4.69, 9.17) is 10.2 Å². The molecule has 3 heteroatoms. The van der Waals surface area contributed by atoms with Gasteiger partial charge in [0.05, 0.1) is 0 Å². The summed E-state index contributed by atoms with van der Waals surface area (Å²) in [6.45, 7) is 4.20. The number of aliphatic hydroxyl groups excluding tert-OH is 1. The standard InChI is InChI=1S/C20H34O2.C2H6O/c1-2-3-4-5-6-7-8-9-10-11-12-13-14-15-16-17-18-19-20(21)22;1-2-3/h14-19H,2-13H2,1H3,(H,21,22);3H,2H2,1H3/b15-14?,17-16?,19-18-;. The van der Waals surface area contributed by atoms with Crippen molar-refractivity contribution in [3.63, 3.8) is 0 Å². The minimum Gasteiger partial charge on any atom is -0.478 e. The monoisotopic (exact) mass is 352 g/mol. The number of aliphatic hydroxyl groups is 1. The van der Waals surface area contributed by atoms with Crippen molar-refractivity contribution in [1.82, 2.24) is 0 Å². The molecule has 0 aliphatic carbocycles. The van der Waals surface area contributed by atoms with Gasteiger partial charge in [-0.1, -0.05) is 102 Å². The smallest absolute Gasteiger partial charge is 0.328 e. The number of carboxylic acid groups (broad SMARTS) is 1. The molecule has 0 saturated carbocycles. The third-order valence-electron chi connectivity index (χ3n) is 3.68. The zero-order chi connectivity index (χ0) is 19.0. The first-order valence-electron chi connectivity index (χ1n) is 10.0. The van der Waals surface area contributed by atoms with Gasteiger partial charge < -0.3 is 10.2 Å². The second-order valence-electron chi connectivity index (χ2n) is 6.15. The van der Waals surface area contributed by atoms with Gasteiger partial charge in [0, 0.05) is 12.7 Å². The van der Waals surface area contributed by atoms with Crippen LogP contribution in [0.1, 0.15) is 90.9 Å². The molecule has 0 spiro atoms. The van der Waals surface area contributed by atoms with Gasteiger partial charge in [-0.25, -0.2) is 4.79 Å². The Kier molecular flexibility index (Phi) is 25.8. The SMILES string of the molecule is CCCCCCCCCCCCCC=CC=C/C=C\C(=O)O.CCO. The molecule has 0 rings (SSSR count). The number of allylic oxidation sites excluding steroid dienone is 5. The van der Waals surface area contributed by atoms with Crippen LogP contribution in [0.15, 0.2) is 36.5 Å². The number of hydrogen-bond acceptors (Lipinski definition) is 2. The molecule has 25 heavy (non-hydrogen) atoms. The van der Waals surface area contributed by atoms with Crippen LogP contribution in [0.3, 0.4) is 0 Å². The van der Waals surface area contributed by atoms with Gasteiger partial charge in [0.15, 0.2) is 0 Å². The van der Waals surface area contributed by atoms with E-state index in [1.54, 1.807) is 13.0 Å². The Labute approximate surface area is 155 Å². The summed E-state index contributed by atoms with van der Waals surface area (Å²) in [5.74, 6) is -0.908. The highest BCUT2D eigenvalue weighted by Crippen LogP contribution is 2.11. The molecule has 0 aliphatic rings. The summed E-state index contributed by atoms with van der Waals surface area (Å²) in [6.07, 6.45) is 26.7. The Balaban J connectivity index is 0. The molecule has 0 bridgehead atoms. The van der Waals surface area contributed by atoms with E-state index in [0.717, 1.165) is 12.5 Å². The van der Waals surface area contributed by atoms with Crippen LogP contribution in [0.2, 0.25) is 0 Å². The molecule has 0 fully saturated rings. The van der Waals surface area contributed by atoms with E-state index >= 15 is 0 Å². The van der Waals surface area contributed by atoms with Crippen LogP contribution in [-0.2, 0) is 4.79 Å². The van der Waals surface area contributed by atoms with Crippen molar-refractivity contribution in [1.29, 1.82) is 0 Å². The van der Waals surface area contributed by atoms with E-state index in [9.17, 15) is 4.79 Å². The Bertz CT molecular complexity index is 343.